The van der Waals surface area contributed by atoms with Gasteiger partial charge in [-0.1, -0.05) is 283 Å². The van der Waals surface area contributed by atoms with Crippen molar-refractivity contribution in [1.29, 1.82) is 0 Å². The Balaban J connectivity index is 3.14. The highest BCUT2D eigenvalue weighted by atomic mass is 16.5. The lowest BCUT2D eigenvalue weighted by Gasteiger charge is -2.06. The minimum Gasteiger partial charge on any atom is -0.466 e. The van der Waals surface area contributed by atoms with E-state index in [2.05, 4.69) is 26.0 Å². The normalized spacial score (nSPS) is 11.7. The van der Waals surface area contributed by atoms with Crippen LogP contribution in [-0.2, 0) is 9.53 Å². The molecular formula is C53H104O2. The molecule has 0 aliphatic rings. The van der Waals surface area contributed by atoms with Gasteiger partial charge in [0, 0.05) is 6.42 Å². The van der Waals surface area contributed by atoms with Gasteiger partial charge >= 0.3 is 5.97 Å². The van der Waals surface area contributed by atoms with E-state index in [1.165, 1.54) is 283 Å². The maximum atomic E-state index is 12.0. The van der Waals surface area contributed by atoms with Crippen LogP contribution in [0.3, 0.4) is 0 Å². The average molecular weight is 773 g/mol. The van der Waals surface area contributed by atoms with Gasteiger partial charge in [-0.3, -0.25) is 4.79 Å². The molecule has 0 heterocycles. The third-order valence-corrected chi connectivity index (χ3v) is 12.2. The van der Waals surface area contributed by atoms with Gasteiger partial charge in [0.1, 0.15) is 0 Å². The van der Waals surface area contributed by atoms with Crippen molar-refractivity contribution in [2.24, 2.45) is 0 Å². The molecule has 0 aromatic carbocycles. The quantitative estimate of drug-likeness (QED) is 0.0350. The minimum atomic E-state index is 0.0253. The highest BCUT2D eigenvalue weighted by Crippen LogP contribution is 2.18. The van der Waals surface area contributed by atoms with E-state index in [1.807, 2.05) is 0 Å². The van der Waals surface area contributed by atoms with Gasteiger partial charge in [0.05, 0.1) is 6.61 Å². The van der Waals surface area contributed by atoms with Crippen molar-refractivity contribution < 1.29 is 9.53 Å². The first kappa shape index (κ1) is 54.2. The summed E-state index contributed by atoms with van der Waals surface area (Å²) in [5.41, 5.74) is 0. The summed E-state index contributed by atoms with van der Waals surface area (Å²) in [4.78, 5) is 12.0. The predicted octanol–water partition coefficient (Wildman–Crippen LogP) is 19.5. The van der Waals surface area contributed by atoms with Gasteiger partial charge in [-0.15, -0.1) is 0 Å². The fourth-order valence-corrected chi connectivity index (χ4v) is 8.25. The van der Waals surface area contributed by atoms with Crippen LogP contribution in [0.5, 0.6) is 0 Å². The van der Waals surface area contributed by atoms with Gasteiger partial charge in [0.2, 0.25) is 0 Å². The summed E-state index contributed by atoms with van der Waals surface area (Å²) in [6, 6.07) is 0. The van der Waals surface area contributed by atoms with Crippen molar-refractivity contribution in [3.05, 3.63) is 12.2 Å². The van der Waals surface area contributed by atoms with E-state index >= 15 is 0 Å². The van der Waals surface area contributed by atoms with Crippen LogP contribution in [0.4, 0.5) is 0 Å². The molecule has 0 aromatic heterocycles. The largest absolute Gasteiger partial charge is 0.466 e. The third kappa shape index (κ3) is 51.2. The highest BCUT2D eigenvalue weighted by Gasteiger charge is 2.03. The van der Waals surface area contributed by atoms with E-state index in [4.69, 9.17) is 4.74 Å². The minimum absolute atomic E-state index is 0.0253. The maximum absolute atomic E-state index is 12.0. The Hall–Kier alpha value is -0.790. The molecule has 55 heavy (non-hydrogen) atoms. The summed E-state index contributed by atoms with van der Waals surface area (Å²) in [5.74, 6) is 0.0253. The monoisotopic (exact) mass is 773 g/mol. The molecule has 0 rings (SSSR count). The van der Waals surface area contributed by atoms with Crippen LogP contribution in [0, 0.1) is 0 Å². The Morgan fingerprint density at radius 1 is 0.291 bits per heavy atom. The second-order valence-electron chi connectivity index (χ2n) is 17.9. The zero-order valence-corrected chi connectivity index (χ0v) is 38.4. The van der Waals surface area contributed by atoms with E-state index in [0.29, 0.717) is 13.0 Å². The Labute approximate surface area is 348 Å². The summed E-state index contributed by atoms with van der Waals surface area (Å²) >= 11 is 0. The molecular weight excluding hydrogens is 669 g/mol. The number of hydrogen-bond acceptors (Lipinski definition) is 2. The summed E-state index contributed by atoms with van der Waals surface area (Å²) < 4.78 is 5.47. The lowest BCUT2D eigenvalue weighted by atomic mass is 10.0. The summed E-state index contributed by atoms with van der Waals surface area (Å²) in [6.07, 6.45) is 69.4. The third-order valence-electron chi connectivity index (χ3n) is 12.2. The van der Waals surface area contributed by atoms with Crippen molar-refractivity contribution in [2.75, 3.05) is 6.61 Å². The summed E-state index contributed by atoms with van der Waals surface area (Å²) in [7, 11) is 0. The topological polar surface area (TPSA) is 26.3 Å². The zero-order valence-electron chi connectivity index (χ0n) is 38.4. The van der Waals surface area contributed by atoms with Crippen molar-refractivity contribution >= 4 is 5.97 Å². The number of hydrogen-bond donors (Lipinski definition) is 0. The molecule has 0 radical (unpaired) electrons. The Morgan fingerprint density at radius 3 is 0.800 bits per heavy atom. The van der Waals surface area contributed by atoms with Crippen LogP contribution in [-0.4, -0.2) is 12.6 Å². The number of carbonyl (C=O) groups excluding carboxylic acids is 1. The SMILES string of the molecule is CCCCCC/C=C\CCCCCCCCOC(=O)CCCCCCCCCCCCCCCCCCCCCCCCCCCCCCCCCCCC. The summed E-state index contributed by atoms with van der Waals surface area (Å²) in [6.45, 7) is 5.21. The van der Waals surface area contributed by atoms with Gasteiger partial charge in [0.25, 0.3) is 0 Å². The van der Waals surface area contributed by atoms with Crippen LogP contribution in [0.1, 0.15) is 316 Å². The first-order chi connectivity index (χ1) is 27.3. The molecule has 0 unspecified atom stereocenters. The van der Waals surface area contributed by atoms with Crippen LogP contribution < -0.4 is 0 Å². The molecule has 2 nitrogen and oxygen atoms in total. The van der Waals surface area contributed by atoms with Gasteiger partial charge in [-0.05, 0) is 38.5 Å². The fraction of sp³-hybridized carbons (Fsp3) is 0.943. The van der Waals surface area contributed by atoms with E-state index in [0.717, 1.165) is 12.8 Å². The Bertz CT molecular complexity index is 713. The molecule has 0 atom stereocenters. The lowest BCUT2D eigenvalue weighted by Crippen LogP contribution is -2.05. The zero-order chi connectivity index (χ0) is 39.6. The van der Waals surface area contributed by atoms with Crippen molar-refractivity contribution in [3.63, 3.8) is 0 Å². The van der Waals surface area contributed by atoms with Gasteiger partial charge in [-0.2, -0.15) is 0 Å². The maximum Gasteiger partial charge on any atom is 0.305 e. The molecule has 0 bridgehead atoms. The number of carbonyl (C=O) groups is 1. The molecule has 0 spiro atoms. The molecule has 0 saturated heterocycles. The van der Waals surface area contributed by atoms with Crippen LogP contribution >= 0.6 is 0 Å². The first-order valence-electron chi connectivity index (χ1n) is 26.1. The fourth-order valence-electron chi connectivity index (χ4n) is 8.25. The number of allylic oxidation sites excluding steroid dienone is 2. The van der Waals surface area contributed by atoms with Crippen LogP contribution in [0.25, 0.3) is 0 Å². The van der Waals surface area contributed by atoms with Gasteiger partial charge in [-0.25, -0.2) is 0 Å². The van der Waals surface area contributed by atoms with E-state index in [1.54, 1.807) is 0 Å². The van der Waals surface area contributed by atoms with E-state index in [9.17, 15) is 4.79 Å². The van der Waals surface area contributed by atoms with E-state index < -0.39 is 0 Å². The molecule has 2 heteroatoms. The molecule has 0 amide bonds. The number of ether oxygens (including phenoxy) is 1. The molecule has 0 aliphatic heterocycles. The number of rotatable bonds is 49. The molecule has 328 valence electrons. The molecule has 0 N–H and O–H groups in total. The highest BCUT2D eigenvalue weighted by molar-refractivity contribution is 5.69. The molecule has 0 fully saturated rings. The van der Waals surface area contributed by atoms with E-state index in [-0.39, 0.29) is 5.97 Å². The first-order valence-corrected chi connectivity index (χ1v) is 26.1. The molecule has 0 saturated carbocycles. The molecule has 0 aromatic rings. The average Bonchev–Trinajstić information content (AvgIpc) is 3.19. The molecule has 0 aliphatic carbocycles. The standard InChI is InChI=1S/C53H104O2/c1-3-5-7-9-11-13-15-17-19-20-21-22-23-24-25-26-27-28-29-30-31-32-33-34-35-36-37-38-39-41-43-45-47-49-51-53(54)55-52-50-48-46-44-42-40-18-16-14-12-10-8-6-4-2/h14,16H,3-13,15,17-52H2,1-2H3/b16-14-. The Kier molecular flexibility index (Phi) is 50.5. The predicted molar refractivity (Wildman–Crippen MR) is 248 cm³/mol. The summed E-state index contributed by atoms with van der Waals surface area (Å²) in [5, 5.41) is 0. The van der Waals surface area contributed by atoms with Crippen LogP contribution in [0.15, 0.2) is 12.2 Å². The lowest BCUT2D eigenvalue weighted by molar-refractivity contribution is -0.143. The van der Waals surface area contributed by atoms with Crippen molar-refractivity contribution in [3.8, 4) is 0 Å². The Morgan fingerprint density at radius 2 is 0.509 bits per heavy atom. The second-order valence-corrected chi connectivity index (χ2v) is 17.9. The van der Waals surface area contributed by atoms with Gasteiger partial charge in [0.15, 0.2) is 0 Å². The second kappa shape index (κ2) is 51.2. The number of esters is 1. The van der Waals surface area contributed by atoms with Gasteiger partial charge < -0.3 is 4.74 Å². The van der Waals surface area contributed by atoms with Crippen molar-refractivity contribution in [2.45, 2.75) is 316 Å². The smallest absolute Gasteiger partial charge is 0.305 e. The van der Waals surface area contributed by atoms with Crippen LogP contribution in [0.2, 0.25) is 0 Å². The van der Waals surface area contributed by atoms with Crippen molar-refractivity contribution in [1.82, 2.24) is 0 Å². The number of unbranched alkanes of at least 4 members (excludes halogenated alkanes) is 43.